The number of aromatic amines is 1. The molecule has 3 aromatic heterocycles. The lowest BCUT2D eigenvalue weighted by Gasteiger charge is -1.97. The molecule has 3 rings (SSSR count). The minimum atomic E-state index is -0.490. The highest BCUT2D eigenvalue weighted by atomic mass is 16.5. The maximum absolute atomic E-state index is 11.4. The number of hydrogen-bond donors (Lipinski definition) is 1. The van der Waals surface area contributed by atoms with Crippen LogP contribution in [0.15, 0.2) is 41.9 Å². The minimum absolute atomic E-state index is 0.218. The van der Waals surface area contributed by atoms with Gasteiger partial charge in [0.05, 0.1) is 24.2 Å². The lowest BCUT2D eigenvalue weighted by Crippen LogP contribution is -2.06. The highest BCUT2D eigenvalue weighted by molar-refractivity contribution is 5.93. The Morgan fingerprint density at radius 2 is 1.90 bits per heavy atom. The van der Waals surface area contributed by atoms with E-state index in [1.165, 1.54) is 0 Å². The topological polar surface area (TPSA) is 144 Å². The van der Waals surface area contributed by atoms with Gasteiger partial charge in [0, 0.05) is 43.2 Å². The number of aromatic nitrogens is 3. The third-order valence-electron chi connectivity index (χ3n) is 3.73. The first kappa shape index (κ1) is 25.1. The van der Waals surface area contributed by atoms with Gasteiger partial charge in [-0.05, 0) is 37.6 Å². The summed E-state index contributed by atoms with van der Waals surface area (Å²) in [4.78, 5) is 37.1. The number of carbonyl (C=O) groups excluding carboxylic acids is 3. The normalized spacial score (nSPS) is 9.42. The van der Waals surface area contributed by atoms with E-state index < -0.39 is 5.97 Å². The molecule has 0 aliphatic heterocycles. The van der Waals surface area contributed by atoms with Crippen molar-refractivity contribution in [1.29, 1.82) is 0 Å². The Labute approximate surface area is 179 Å². The molecule has 0 aliphatic rings. The maximum atomic E-state index is 11.4. The number of hydrogen-bond acceptors (Lipinski definition) is 6. The summed E-state index contributed by atoms with van der Waals surface area (Å²) in [7, 11) is 3.82. The summed E-state index contributed by atoms with van der Waals surface area (Å²) in [5.41, 5.74) is 10.9. The molecule has 0 fully saturated rings. The van der Waals surface area contributed by atoms with E-state index in [4.69, 9.17) is 10.3 Å². The zero-order valence-corrected chi connectivity index (χ0v) is 17.9. The van der Waals surface area contributed by atoms with Crippen LogP contribution in [0.1, 0.15) is 34.7 Å². The van der Waals surface area contributed by atoms with Gasteiger partial charge in [0.1, 0.15) is 12.2 Å². The van der Waals surface area contributed by atoms with Gasteiger partial charge < -0.3 is 23.6 Å². The SMILES string of the molecule is CCOC(=O)CN=[N+]=[N-].CCOC(=O)c1cc2c(ccn2C)[nH]1.Cn1ccc(C=O)c1. The van der Waals surface area contributed by atoms with Crippen LogP contribution in [0.25, 0.3) is 21.5 Å². The van der Waals surface area contributed by atoms with Gasteiger partial charge in [0.25, 0.3) is 0 Å². The summed E-state index contributed by atoms with van der Waals surface area (Å²) >= 11 is 0. The second-order valence-electron chi connectivity index (χ2n) is 6.05. The number of aryl methyl sites for hydroxylation is 2. The molecule has 31 heavy (non-hydrogen) atoms. The van der Waals surface area contributed by atoms with Gasteiger partial charge in [-0.15, -0.1) is 0 Å². The van der Waals surface area contributed by atoms with Crippen molar-refractivity contribution in [2.75, 3.05) is 19.8 Å². The Hall–Kier alpha value is -3.98. The number of rotatable bonds is 6. The fourth-order valence-corrected chi connectivity index (χ4v) is 2.35. The summed E-state index contributed by atoms with van der Waals surface area (Å²) < 4.78 is 13.1. The van der Waals surface area contributed by atoms with Crippen molar-refractivity contribution >= 4 is 29.3 Å². The van der Waals surface area contributed by atoms with Crippen LogP contribution < -0.4 is 0 Å². The van der Waals surface area contributed by atoms with Crippen LogP contribution in [0.3, 0.4) is 0 Å². The van der Waals surface area contributed by atoms with Crippen LogP contribution in [0.5, 0.6) is 0 Å². The molecule has 0 bridgehead atoms. The van der Waals surface area contributed by atoms with Crippen LogP contribution >= 0.6 is 0 Å². The lowest BCUT2D eigenvalue weighted by molar-refractivity contribution is -0.141. The molecule has 0 saturated carbocycles. The molecular weight excluding hydrogens is 404 g/mol. The maximum Gasteiger partial charge on any atom is 0.354 e. The number of azide groups is 1. The van der Waals surface area contributed by atoms with Crippen molar-refractivity contribution in [3.8, 4) is 0 Å². The summed E-state index contributed by atoms with van der Waals surface area (Å²) in [6.07, 6.45) is 6.38. The number of carbonyl (C=O) groups is 3. The zero-order chi connectivity index (χ0) is 23.2. The molecule has 3 heterocycles. The van der Waals surface area contributed by atoms with Gasteiger partial charge in [-0.25, -0.2) is 4.79 Å². The minimum Gasteiger partial charge on any atom is -0.466 e. The van der Waals surface area contributed by atoms with Crippen molar-refractivity contribution < 1.29 is 23.9 Å². The monoisotopic (exact) mass is 430 g/mol. The Bertz CT molecular complexity index is 1040. The van der Waals surface area contributed by atoms with E-state index in [0.29, 0.717) is 18.9 Å². The van der Waals surface area contributed by atoms with Crippen LogP contribution in [-0.4, -0.2) is 52.1 Å². The zero-order valence-electron chi connectivity index (χ0n) is 17.9. The first-order valence-corrected chi connectivity index (χ1v) is 9.40. The molecule has 3 aromatic rings. The smallest absolute Gasteiger partial charge is 0.354 e. The van der Waals surface area contributed by atoms with Crippen molar-refractivity contribution in [2.24, 2.45) is 19.2 Å². The van der Waals surface area contributed by atoms with Gasteiger partial charge in [-0.3, -0.25) is 9.59 Å². The summed E-state index contributed by atoms with van der Waals surface area (Å²) in [5.74, 6) is -0.793. The summed E-state index contributed by atoms with van der Waals surface area (Å²) in [5, 5.41) is 3.00. The highest BCUT2D eigenvalue weighted by Gasteiger charge is 2.11. The molecule has 1 N–H and O–H groups in total. The average molecular weight is 430 g/mol. The van der Waals surface area contributed by atoms with Crippen molar-refractivity contribution in [3.05, 3.63) is 58.5 Å². The third kappa shape index (κ3) is 8.50. The standard InChI is InChI=1S/C10H12N2O2.C6H7NO.C4H7N3O2/c1-3-14-10(13)8-6-9-7(11-8)4-5-12(9)2;1-7-3-2-6(4-7)5-8;1-2-9-4(8)3-6-7-5/h4-6,11H,3H2,1-2H3;2-5H,1H3;2-3H2,1H3. The Balaban J connectivity index is 0.000000247. The second kappa shape index (κ2) is 13.3. The van der Waals surface area contributed by atoms with Gasteiger partial charge >= 0.3 is 11.9 Å². The number of fused-ring (bicyclic) bond motifs is 1. The molecule has 0 saturated heterocycles. The van der Waals surface area contributed by atoms with Crippen LogP contribution in [0.4, 0.5) is 0 Å². The molecular formula is C20H26N6O5. The number of aldehydes is 1. The third-order valence-corrected chi connectivity index (χ3v) is 3.73. The van der Waals surface area contributed by atoms with Gasteiger partial charge in [-0.1, -0.05) is 5.11 Å². The first-order chi connectivity index (χ1) is 14.9. The van der Waals surface area contributed by atoms with Crippen molar-refractivity contribution in [3.63, 3.8) is 0 Å². The predicted octanol–water partition coefficient (Wildman–Crippen LogP) is 3.38. The average Bonchev–Trinajstić information content (AvgIpc) is 3.45. The molecule has 0 aromatic carbocycles. The van der Waals surface area contributed by atoms with Crippen LogP contribution in [0, 0.1) is 0 Å². The lowest BCUT2D eigenvalue weighted by atomic mass is 10.4. The molecule has 0 spiro atoms. The number of esters is 2. The Morgan fingerprint density at radius 3 is 2.39 bits per heavy atom. The van der Waals surface area contributed by atoms with E-state index in [1.807, 2.05) is 41.7 Å². The van der Waals surface area contributed by atoms with Crippen LogP contribution in [0.2, 0.25) is 0 Å². The molecule has 0 unspecified atom stereocenters. The second-order valence-corrected chi connectivity index (χ2v) is 6.05. The van der Waals surface area contributed by atoms with E-state index in [0.717, 1.165) is 22.9 Å². The van der Waals surface area contributed by atoms with E-state index >= 15 is 0 Å². The van der Waals surface area contributed by atoms with Gasteiger partial charge in [0.2, 0.25) is 0 Å². The van der Waals surface area contributed by atoms with Gasteiger partial charge in [0.15, 0.2) is 6.29 Å². The van der Waals surface area contributed by atoms with Crippen molar-refractivity contribution in [1.82, 2.24) is 14.1 Å². The number of H-pyrrole nitrogens is 1. The number of nitrogens with zero attached hydrogens (tertiary/aromatic N) is 5. The highest BCUT2D eigenvalue weighted by Crippen LogP contribution is 2.16. The Morgan fingerprint density at radius 1 is 1.19 bits per heavy atom. The fourth-order valence-electron chi connectivity index (χ4n) is 2.35. The molecule has 0 amide bonds. The van der Waals surface area contributed by atoms with Crippen molar-refractivity contribution in [2.45, 2.75) is 13.8 Å². The molecule has 11 heteroatoms. The molecule has 0 atom stereocenters. The van der Waals surface area contributed by atoms with Crippen LogP contribution in [-0.2, 0) is 28.4 Å². The number of ether oxygens (including phenoxy) is 2. The van der Waals surface area contributed by atoms with Gasteiger partial charge in [-0.2, -0.15) is 0 Å². The van der Waals surface area contributed by atoms with E-state index in [-0.39, 0.29) is 12.5 Å². The first-order valence-electron chi connectivity index (χ1n) is 9.40. The largest absolute Gasteiger partial charge is 0.466 e. The number of nitrogens with one attached hydrogen (secondary N) is 1. The van der Waals surface area contributed by atoms with E-state index in [2.05, 4.69) is 19.7 Å². The molecule has 11 nitrogen and oxygen atoms in total. The van der Waals surface area contributed by atoms with E-state index in [9.17, 15) is 14.4 Å². The quantitative estimate of drug-likeness (QED) is 0.209. The Kier molecular flexibility index (Phi) is 10.7. The molecule has 0 radical (unpaired) electrons. The summed E-state index contributed by atoms with van der Waals surface area (Å²) in [6, 6.07) is 5.50. The molecule has 0 aliphatic carbocycles. The predicted molar refractivity (Wildman–Crippen MR) is 115 cm³/mol. The molecule has 166 valence electrons. The summed E-state index contributed by atoms with van der Waals surface area (Å²) in [6.45, 7) is 3.98. The fraction of sp³-hybridized carbons (Fsp3) is 0.350. The van der Waals surface area contributed by atoms with E-state index in [1.54, 1.807) is 32.2 Å².